The molecule has 9 N–H and O–H groups in total. The minimum atomic E-state index is -1.77. The average molecular weight is 376 g/mol. The van der Waals surface area contributed by atoms with Crippen LogP contribution in [0.15, 0.2) is 0 Å². The van der Waals surface area contributed by atoms with Crippen molar-refractivity contribution in [1.29, 1.82) is 0 Å². The lowest BCUT2D eigenvalue weighted by atomic mass is 10.1. The molecule has 12 heteroatoms. The number of unbranched alkanes of at least 4 members (excludes halogenated alkanes) is 1. The van der Waals surface area contributed by atoms with E-state index in [1.807, 2.05) is 5.32 Å². The van der Waals surface area contributed by atoms with Crippen LogP contribution in [0.1, 0.15) is 32.1 Å². The largest absolute Gasteiger partial charge is 0.481 e. The van der Waals surface area contributed by atoms with E-state index in [2.05, 4.69) is 5.32 Å². The number of carboxylic acids is 3. The van der Waals surface area contributed by atoms with Gasteiger partial charge in [0.2, 0.25) is 11.8 Å². The molecule has 148 valence electrons. The van der Waals surface area contributed by atoms with Crippen LogP contribution in [0.5, 0.6) is 0 Å². The predicted octanol–water partition coefficient (Wildman–Crippen LogP) is -2.55. The van der Waals surface area contributed by atoms with Crippen LogP contribution in [0.25, 0.3) is 0 Å². The van der Waals surface area contributed by atoms with Gasteiger partial charge in [0.1, 0.15) is 12.1 Å². The zero-order chi connectivity index (χ0) is 20.3. The van der Waals surface area contributed by atoms with Crippen molar-refractivity contribution in [3.05, 3.63) is 0 Å². The number of nitrogens with two attached hydrogens (primary N) is 2. The van der Waals surface area contributed by atoms with Crippen LogP contribution >= 0.6 is 0 Å². The average Bonchev–Trinajstić information content (AvgIpc) is 2.52. The normalized spacial score (nSPS) is 13.9. The molecule has 0 fully saturated rings. The molecule has 0 heterocycles. The third-order valence-corrected chi connectivity index (χ3v) is 3.31. The molecule has 12 nitrogen and oxygen atoms in total. The van der Waals surface area contributed by atoms with E-state index in [1.54, 1.807) is 0 Å². The molecule has 0 aromatic rings. The smallest absolute Gasteiger partial charge is 0.326 e. The van der Waals surface area contributed by atoms with Gasteiger partial charge >= 0.3 is 17.9 Å². The maximum atomic E-state index is 12.1. The standard InChI is InChI=1S/C14H24N4O8/c15-4-2-1-3-7(16)12(23)17-8(5-10(19)20)13(24)18-9(14(25)26)6-11(21)22/h7-9H,1-6,15-16H2,(H,17,23)(H,18,24)(H,19,20)(H,21,22)(H,25,26)/t7-,8-,9-/m0/s1. The van der Waals surface area contributed by atoms with Gasteiger partial charge in [-0.25, -0.2) is 4.79 Å². The summed E-state index contributed by atoms with van der Waals surface area (Å²) in [6.45, 7) is 0.415. The summed E-state index contributed by atoms with van der Waals surface area (Å²) in [4.78, 5) is 56.6. The van der Waals surface area contributed by atoms with E-state index in [0.29, 0.717) is 19.4 Å². The molecule has 0 aliphatic rings. The molecule has 0 aromatic heterocycles. The Morgan fingerprint density at radius 3 is 1.77 bits per heavy atom. The van der Waals surface area contributed by atoms with Gasteiger partial charge in [-0.1, -0.05) is 6.42 Å². The Labute approximate surface area is 148 Å². The monoisotopic (exact) mass is 376 g/mol. The lowest BCUT2D eigenvalue weighted by Crippen LogP contribution is -2.55. The van der Waals surface area contributed by atoms with Gasteiger partial charge in [0.25, 0.3) is 0 Å². The SMILES string of the molecule is NCCCC[C@H](N)C(=O)N[C@@H](CC(=O)O)C(=O)N[C@@H](CC(=O)O)C(=O)O. The van der Waals surface area contributed by atoms with E-state index in [0.717, 1.165) is 0 Å². The number of carbonyl (C=O) groups excluding carboxylic acids is 2. The molecule has 0 saturated heterocycles. The van der Waals surface area contributed by atoms with Crippen LogP contribution in [0.4, 0.5) is 0 Å². The molecule has 0 aliphatic heterocycles. The van der Waals surface area contributed by atoms with E-state index in [1.165, 1.54) is 0 Å². The van der Waals surface area contributed by atoms with Crippen molar-refractivity contribution in [2.75, 3.05) is 6.54 Å². The Hall–Kier alpha value is -2.73. The summed E-state index contributed by atoms with van der Waals surface area (Å²) < 4.78 is 0. The maximum absolute atomic E-state index is 12.1. The number of nitrogens with one attached hydrogen (secondary N) is 2. The first kappa shape index (κ1) is 23.3. The maximum Gasteiger partial charge on any atom is 0.326 e. The van der Waals surface area contributed by atoms with Gasteiger partial charge in [-0.3, -0.25) is 19.2 Å². The van der Waals surface area contributed by atoms with E-state index < -0.39 is 60.7 Å². The van der Waals surface area contributed by atoms with Gasteiger partial charge in [-0.2, -0.15) is 0 Å². The second-order valence-corrected chi connectivity index (χ2v) is 5.55. The molecular weight excluding hydrogens is 352 g/mol. The zero-order valence-electron chi connectivity index (χ0n) is 14.0. The molecule has 0 bridgehead atoms. The number of rotatable bonds is 13. The molecule has 26 heavy (non-hydrogen) atoms. The van der Waals surface area contributed by atoms with Crippen molar-refractivity contribution < 1.29 is 39.3 Å². The first-order chi connectivity index (χ1) is 12.1. The lowest BCUT2D eigenvalue weighted by molar-refractivity contribution is -0.148. The molecular formula is C14H24N4O8. The van der Waals surface area contributed by atoms with Crippen LogP contribution in [0, 0.1) is 0 Å². The van der Waals surface area contributed by atoms with Crippen molar-refractivity contribution in [2.45, 2.75) is 50.2 Å². The number of aliphatic carboxylic acids is 3. The van der Waals surface area contributed by atoms with Crippen molar-refractivity contribution in [3.8, 4) is 0 Å². The summed E-state index contributed by atoms with van der Waals surface area (Å²) in [5.74, 6) is -6.43. The minimum Gasteiger partial charge on any atom is -0.481 e. The summed E-state index contributed by atoms with van der Waals surface area (Å²) in [6, 6.07) is -4.37. The first-order valence-electron chi connectivity index (χ1n) is 7.81. The van der Waals surface area contributed by atoms with Crippen LogP contribution < -0.4 is 22.1 Å². The second kappa shape index (κ2) is 11.8. The van der Waals surface area contributed by atoms with Gasteiger partial charge < -0.3 is 37.4 Å². The third-order valence-electron chi connectivity index (χ3n) is 3.31. The molecule has 3 atom stereocenters. The number of amides is 2. The quantitative estimate of drug-likeness (QED) is 0.167. The molecule has 0 unspecified atom stereocenters. The fourth-order valence-corrected chi connectivity index (χ4v) is 1.95. The van der Waals surface area contributed by atoms with E-state index in [-0.39, 0.29) is 6.42 Å². The summed E-state index contributed by atoms with van der Waals surface area (Å²) in [6.07, 6.45) is -0.281. The first-order valence-corrected chi connectivity index (χ1v) is 7.81. The van der Waals surface area contributed by atoms with Crippen molar-refractivity contribution in [3.63, 3.8) is 0 Å². The summed E-state index contributed by atoms with van der Waals surface area (Å²) >= 11 is 0. The van der Waals surface area contributed by atoms with Crippen LogP contribution in [0.3, 0.4) is 0 Å². The fraction of sp³-hybridized carbons (Fsp3) is 0.643. The second-order valence-electron chi connectivity index (χ2n) is 5.55. The molecule has 0 aliphatic carbocycles. The van der Waals surface area contributed by atoms with Gasteiger partial charge in [-0.15, -0.1) is 0 Å². The third kappa shape index (κ3) is 9.54. The van der Waals surface area contributed by atoms with Crippen LogP contribution in [0.2, 0.25) is 0 Å². The van der Waals surface area contributed by atoms with E-state index in [4.69, 9.17) is 26.8 Å². The topological polar surface area (TPSA) is 222 Å². The number of hydrogen-bond donors (Lipinski definition) is 7. The molecule has 0 radical (unpaired) electrons. The highest BCUT2D eigenvalue weighted by molar-refractivity contribution is 5.94. The van der Waals surface area contributed by atoms with Crippen molar-refractivity contribution in [2.24, 2.45) is 11.5 Å². The lowest BCUT2D eigenvalue weighted by Gasteiger charge is -2.21. The van der Waals surface area contributed by atoms with Gasteiger partial charge in [0.05, 0.1) is 18.9 Å². The Kier molecular flexibility index (Phi) is 10.5. The van der Waals surface area contributed by atoms with Gasteiger partial charge in [0, 0.05) is 0 Å². The molecule has 0 saturated carbocycles. The molecule has 2 amide bonds. The summed E-state index contributed by atoms with van der Waals surface area (Å²) in [5.41, 5.74) is 11.0. The molecule has 0 aromatic carbocycles. The fourth-order valence-electron chi connectivity index (χ4n) is 1.95. The number of hydrogen-bond acceptors (Lipinski definition) is 7. The zero-order valence-corrected chi connectivity index (χ0v) is 14.0. The van der Waals surface area contributed by atoms with Crippen LogP contribution in [-0.2, 0) is 24.0 Å². The Bertz CT molecular complexity index is 539. The predicted molar refractivity (Wildman–Crippen MR) is 86.9 cm³/mol. The molecule has 0 spiro atoms. The Morgan fingerprint density at radius 1 is 0.808 bits per heavy atom. The Balaban J connectivity index is 4.97. The summed E-state index contributed by atoms with van der Waals surface area (Å²) in [5, 5.41) is 30.5. The van der Waals surface area contributed by atoms with Gasteiger partial charge in [-0.05, 0) is 19.4 Å². The van der Waals surface area contributed by atoms with E-state index in [9.17, 15) is 24.0 Å². The highest BCUT2D eigenvalue weighted by Crippen LogP contribution is 2.02. The van der Waals surface area contributed by atoms with Crippen molar-refractivity contribution in [1.82, 2.24) is 10.6 Å². The Morgan fingerprint density at radius 2 is 1.31 bits per heavy atom. The highest BCUT2D eigenvalue weighted by Gasteiger charge is 2.30. The van der Waals surface area contributed by atoms with E-state index >= 15 is 0 Å². The van der Waals surface area contributed by atoms with Crippen molar-refractivity contribution >= 4 is 29.7 Å². The number of carboxylic acid groups (broad SMARTS) is 3. The van der Waals surface area contributed by atoms with Gasteiger partial charge in [0.15, 0.2) is 0 Å². The number of carbonyl (C=O) groups is 5. The minimum absolute atomic E-state index is 0.265. The summed E-state index contributed by atoms with van der Waals surface area (Å²) in [7, 11) is 0. The van der Waals surface area contributed by atoms with Crippen LogP contribution in [-0.4, -0.2) is 69.7 Å². The molecule has 0 rings (SSSR count). The highest BCUT2D eigenvalue weighted by atomic mass is 16.4.